The van der Waals surface area contributed by atoms with Crippen molar-refractivity contribution < 1.29 is 14.3 Å². The van der Waals surface area contributed by atoms with E-state index in [4.69, 9.17) is 16.3 Å². The van der Waals surface area contributed by atoms with E-state index in [1.54, 1.807) is 19.1 Å². The first kappa shape index (κ1) is 17.4. The van der Waals surface area contributed by atoms with Crippen LogP contribution >= 0.6 is 11.6 Å². The third-order valence-corrected chi connectivity index (χ3v) is 4.73. The zero-order valence-electron chi connectivity index (χ0n) is 13.9. The van der Waals surface area contributed by atoms with Crippen LogP contribution in [0.5, 0.6) is 0 Å². The Hall–Kier alpha value is -2.39. The summed E-state index contributed by atoms with van der Waals surface area (Å²) < 4.78 is 5.16. The summed E-state index contributed by atoms with van der Waals surface area (Å²) in [6.45, 7) is 2.05. The molecule has 2 aromatic rings. The summed E-state index contributed by atoms with van der Waals surface area (Å²) in [5, 5.41) is 0.645. The fraction of sp³-hybridized carbons (Fsp3) is 0.238. The minimum atomic E-state index is -0.539. The number of carbonyl (C=O) groups is 2. The number of allylic oxidation sites excluding steroid dienone is 1. The number of ether oxygens (including phenoxy) is 1. The first-order valence-corrected chi connectivity index (χ1v) is 8.71. The van der Waals surface area contributed by atoms with Crippen LogP contribution in [-0.2, 0) is 9.53 Å². The van der Waals surface area contributed by atoms with E-state index in [1.807, 2.05) is 48.5 Å². The van der Waals surface area contributed by atoms with E-state index in [2.05, 4.69) is 0 Å². The Balaban J connectivity index is 1.97. The number of carbonyl (C=O) groups excluding carboxylic acids is 2. The fourth-order valence-corrected chi connectivity index (χ4v) is 3.43. The number of rotatable bonds is 5. The number of halogens is 1. The average molecular weight is 355 g/mol. The van der Waals surface area contributed by atoms with E-state index >= 15 is 0 Å². The second-order valence-electron chi connectivity index (χ2n) is 5.98. The molecule has 0 saturated heterocycles. The largest absolute Gasteiger partial charge is 0.463 e. The van der Waals surface area contributed by atoms with Crippen molar-refractivity contribution in [3.63, 3.8) is 0 Å². The smallest absolute Gasteiger partial charge is 0.334 e. The van der Waals surface area contributed by atoms with Gasteiger partial charge in [0.15, 0.2) is 5.78 Å². The molecule has 0 fully saturated rings. The zero-order valence-corrected chi connectivity index (χ0v) is 14.7. The highest BCUT2D eigenvalue weighted by Crippen LogP contribution is 2.42. The molecule has 2 atom stereocenters. The van der Waals surface area contributed by atoms with E-state index in [9.17, 15) is 9.59 Å². The first-order chi connectivity index (χ1) is 12.1. The molecule has 1 aliphatic rings. The van der Waals surface area contributed by atoms with Crippen LogP contribution in [-0.4, -0.2) is 18.4 Å². The predicted molar refractivity (Wildman–Crippen MR) is 97.8 cm³/mol. The van der Waals surface area contributed by atoms with Gasteiger partial charge < -0.3 is 4.74 Å². The van der Waals surface area contributed by atoms with Crippen LogP contribution < -0.4 is 0 Å². The van der Waals surface area contributed by atoms with Crippen LogP contribution in [0.4, 0.5) is 0 Å². The van der Waals surface area contributed by atoms with Crippen LogP contribution in [0.2, 0.25) is 5.02 Å². The molecule has 0 radical (unpaired) electrons. The summed E-state index contributed by atoms with van der Waals surface area (Å²) in [7, 11) is 0. The molecule has 25 heavy (non-hydrogen) atoms. The number of benzene rings is 2. The van der Waals surface area contributed by atoms with Gasteiger partial charge in [-0.3, -0.25) is 4.79 Å². The maximum Gasteiger partial charge on any atom is 0.334 e. The van der Waals surface area contributed by atoms with Crippen LogP contribution in [0.3, 0.4) is 0 Å². The number of ketones is 1. The molecule has 0 aromatic heterocycles. The molecule has 2 aromatic carbocycles. The minimum Gasteiger partial charge on any atom is -0.463 e. The summed E-state index contributed by atoms with van der Waals surface area (Å²) in [4.78, 5) is 25.5. The second-order valence-corrected chi connectivity index (χ2v) is 6.42. The lowest BCUT2D eigenvalue weighted by atomic mass is 9.80. The summed E-state index contributed by atoms with van der Waals surface area (Å²) in [5.41, 5.74) is 2.05. The van der Waals surface area contributed by atoms with Gasteiger partial charge in [-0.2, -0.15) is 0 Å². The highest BCUT2D eigenvalue weighted by molar-refractivity contribution is 6.30. The normalized spacial score (nSPS) is 19.4. The molecule has 0 bridgehead atoms. The Morgan fingerprint density at radius 3 is 2.40 bits per heavy atom. The molecule has 0 saturated carbocycles. The van der Waals surface area contributed by atoms with Crippen molar-refractivity contribution >= 4 is 23.4 Å². The molecule has 0 aliphatic heterocycles. The van der Waals surface area contributed by atoms with Crippen molar-refractivity contribution in [1.29, 1.82) is 0 Å². The molecule has 0 N–H and O–H groups in total. The molecule has 3 rings (SSSR count). The van der Waals surface area contributed by atoms with Gasteiger partial charge in [-0.25, -0.2) is 4.79 Å². The Bertz CT molecular complexity index is 794. The van der Waals surface area contributed by atoms with Gasteiger partial charge in [-0.1, -0.05) is 60.1 Å². The molecule has 1 aliphatic carbocycles. The summed E-state index contributed by atoms with van der Waals surface area (Å²) in [6.07, 6.45) is 2.46. The van der Waals surface area contributed by atoms with E-state index in [0.29, 0.717) is 22.6 Å². The SMILES string of the molecule is CCOC(=O)C1=CC[C@@H](c2ccc(Cl)cc2)[C@@H]1C(=O)c1ccccc1. The van der Waals surface area contributed by atoms with Gasteiger partial charge in [0.2, 0.25) is 0 Å². The monoisotopic (exact) mass is 354 g/mol. The Labute approximate surface area is 152 Å². The Morgan fingerprint density at radius 2 is 1.76 bits per heavy atom. The Morgan fingerprint density at radius 1 is 1.08 bits per heavy atom. The van der Waals surface area contributed by atoms with Crippen molar-refractivity contribution in [3.05, 3.63) is 82.4 Å². The van der Waals surface area contributed by atoms with Crippen molar-refractivity contribution in [1.82, 2.24) is 0 Å². The maximum atomic E-state index is 13.1. The molecule has 4 heteroatoms. The maximum absolute atomic E-state index is 13.1. The highest BCUT2D eigenvalue weighted by Gasteiger charge is 2.40. The number of esters is 1. The fourth-order valence-electron chi connectivity index (χ4n) is 3.30. The van der Waals surface area contributed by atoms with Gasteiger partial charge in [-0.05, 0) is 31.0 Å². The van der Waals surface area contributed by atoms with E-state index in [0.717, 1.165) is 5.56 Å². The van der Waals surface area contributed by atoms with Crippen LogP contribution in [0, 0.1) is 5.92 Å². The number of Topliss-reactive ketones (excluding diaryl/α,β-unsaturated/α-hetero) is 1. The average Bonchev–Trinajstić information content (AvgIpc) is 3.08. The van der Waals surface area contributed by atoms with Gasteiger partial charge in [0, 0.05) is 22.1 Å². The summed E-state index contributed by atoms with van der Waals surface area (Å²) in [6, 6.07) is 16.5. The molecular formula is C21H19ClO3. The van der Waals surface area contributed by atoms with Crippen LogP contribution in [0.25, 0.3) is 0 Å². The van der Waals surface area contributed by atoms with Gasteiger partial charge in [0.1, 0.15) is 0 Å². The quantitative estimate of drug-likeness (QED) is 0.571. The third-order valence-electron chi connectivity index (χ3n) is 4.48. The molecule has 0 unspecified atom stereocenters. The van der Waals surface area contributed by atoms with E-state index in [-0.39, 0.29) is 18.3 Å². The molecule has 128 valence electrons. The van der Waals surface area contributed by atoms with Gasteiger partial charge in [0.05, 0.1) is 12.5 Å². The van der Waals surface area contributed by atoms with Crippen molar-refractivity contribution in [2.24, 2.45) is 5.92 Å². The second kappa shape index (κ2) is 7.66. The van der Waals surface area contributed by atoms with Gasteiger partial charge >= 0.3 is 5.97 Å². The van der Waals surface area contributed by atoms with Crippen molar-refractivity contribution in [3.8, 4) is 0 Å². The van der Waals surface area contributed by atoms with Crippen molar-refractivity contribution in [2.45, 2.75) is 19.3 Å². The number of hydrogen-bond acceptors (Lipinski definition) is 3. The van der Waals surface area contributed by atoms with E-state index in [1.165, 1.54) is 0 Å². The highest BCUT2D eigenvalue weighted by atomic mass is 35.5. The lowest BCUT2D eigenvalue weighted by molar-refractivity contribution is -0.138. The third kappa shape index (κ3) is 3.67. The predicted octanol–water partition coefficient (Wildman–Crippen LogP) is 4.82. The van der Waals surface area contributed by atoms with Gasteiger partial charge in [0.25, 0.3) is 0 Å². The Kier molecular flexibility index (Phi) is 5.34. The lowest BCUT2D eigenvalue weighted by Gasteiger charge is -2.22. The topological polar surface area (TPSA) is 43.4 Å². The summed E-state index contributed by atoms with van der Waals surface area (Å²) in [5.74, 6) is -1.10. The standard InChI is InChI=1S/C21H19ClO3/c1-2-25-21(24)18-13-12-17(14-8-10-16(22)11-9-14)19(18)20(23)15-6-4-3-5-7-15/h3-11,13,17,19H,2,12H2,1H3/t17-,19-/m0/s1. The molecule has 0 spiro atoms. The van der Waals surface area contributed by atoms with Crippen LogP contribution in [0.15, 0.2) is 66.2 Å². The molecule has 3 nitrogen and oxygen atoms in total. The van der Waals surface area contributed by atoms with Gasteiger partial charge in [-0.15, -0.1) is 0 Å². The number of hydrogen-bond donors (Lipinski definition) is 0. The van der Waals surface area contributed by atoms with Crippen LogP contribution in [0.1, 0.15) is 35.2 Å². The zero-order chi connectivity index (χ0) is 17.8. The molecule has 0 amide bonds. The van der Waals surface area contributed by atoms with Crippen molar-refractivity contribution in [2.75, 3.05) is 6.61 Å². The summed E-state index contributed by atoms with van der Waals surface area (Å²) >= 11 is 5.98. The molecular weight excluding hydrogens is 336 g/mol. The lowest BCUT2D eigenvalue weighted by Crippen LogP contribution is -2.25. The first-order valence-electron chi connectivity index (χ1n) is 8.33. The minimum absolute atomic E-state index is 0.0580. The molecule has 0 heterocycles. The van der Waals surface area contributed by atoms with E-state index < -0.39 is 11.9 Å².